The van der Waals surface area contributed by atoms with Crippen molar-refractivity contribution in [3.63, 3.8) is 0 Å². The Morgan fingerprint density at radius 2 is 2.00 bits per heavy atom. The second-order valence-electron chi connectivity index (χ2n) is 5.49. The number of urea groups is 1. The quantitative estimate of drug-likeness (QED) is 0.943. The third kappa shape index (κ3) is 3.61. The molecule has 1 aliphatic rings. The van der Waals surface area contributed by atoms with Gasteiger partial charge < -0.3 is 4.90 Å². The summed E-state index contributed by atoms with van der Waals surface area (Å²) in [5, 5.41) is 2.87. The predicted octanol–water partition coefficient (Wildman–Crippen LogP) is 3.11. The number of hydrogen-bond donors (Lipinski definition) is 1. The largest absolute Gasteiger partial charge is 0.323 e. The lowest BCUT2D eigenvalue weighted by Crippen LogP contribution is -2.39. The predicted molar refractivity (Wildman–Crippen MR) is 85.5 cm³/mol. The lowest BCUT2D eigenvalue weighted by molar-refractivity contribution is 0.204. The topological polar surface area (TPSA) is 58.1 Å². The minimum Gasteiger partial charge on any atom is -0.322 e. The number of aryl methyl sites for hydroxylation is 1. The molecule has 0 bridgehead atoms. The first-order valence-electron chi connectivity index (χ1n) is 7.71. The second-order valence-corrected chi connectivity index (χ2v) is 5.49. The maximum atomic E-state index is 12.4. The first kappa shape index (κ1) is 14.5. The van der Waals surface area contributed by atoms with Crippen molar-refractivity contribution < 1.29 is 4.79 Å². The van der Waals surface area contributed by atoms with Gasteiger partial charge in [-0.15, -0.1) is 0 Å². The lowest BCUT2D eigenvalue weighted by Gasteiger charge is -2.24. The first-order chi connectivity index (χ1) is 10.8. The highest BCUT2D eigenvalue weighted by Crippen LogP contribution is 2.22. The molecule has 1 fully saturated rings. The number of likely N-dealkylation sites (tertiary alicyclic amines) is 1. The van der Waals surface area contributed by atoms with Crippen LogP contribution in [0.5, 0.6) is 0 Å². The molecule has 0 unspecified atom stereocenters. The molecular weight excluding hydrogens is 276 g/mol. The standard InChI is InChI=1S/C17H20N4O/c22-17(20-16-8-2-4-12-19-16)21-13-5-7-15(21)10-9-14-6-1-3-11-18-14/h1-4,6,8,11-12,15H,5,7,9-10,13H2,(H,19,20,22)/t15-/m0/s1. The van der Waals surface area contributed by atoms with E-state index in [2.05, 4.69) is 15.3 Å². The Balaban J connectivity index is 1.57. The number of anilines is 1. The Kier molecular flexibility index (Phi) is 4.63. The Morgan fingerprint density at radius 1 is 1.18 bits per heavy atom. The van der Waals surface area contributed by atoms with Gasteiger partial charge in [-0.3, -0.25) is 10.3 Å². The van der Waals surface area contributed by atoms with Crippen molar-refractivity contribution in [3.05, 3.63) is 54.5 Å². The van der Waals surface area contributed by atoms with E-state index < -0.39 is 0 Å². The number of aromatic nitrogens is 2. The molecule has 3 rings (SSSR count). The van der Waals surface area contributed by atoms with Gasteiger partial charge in [0.15, 0.2) is 0 Å². The number of pyridine rings is 2. The fourth-order valence-electron chi connectivity index (χ4n) is 2.88. The van der Waals surface area contributed by atoms with Crippen LogP contribution in [0, 0.1) is 0 Å². The van der Waals surface area contributed by atoms with Gasteiger partial charge in [-0.25, -0.2) is 9.78 Å². The van der Waals surface area contributed by atoms with Crippen LogP contribution >= 0.6 is 0 Å². The molecule has 3 heterocycles. The van der Waals surface area contributed by atoms with E-state index in [0.29, 0.717) is 5.82 Å². The van der Waals surface area contributed by atoms with Crippen molar-refractivity contribution in [3.8, 4) is 0 Å². The van der Waals surface area contributed by atoms with Gasteiger partial charge in [-0.1, -0.05) is 12.1 Å². The van der Waals surface area contributed by atoms with Gasteiger partial charge in [0.25, 0.3) is 0 Å². The van der Waals surface area contributed by atoms with Gasteiger partial charge in [0.05, 0.1) is 0 Å². The number of amides is 2. The van der Waals surface area contributed by atoms with Crippen LogP contribution in [0.15, 0.2) is 48.8 Å². The van der Waals surface area contributed by atoms with Crippen molar-refractivity contribution in [2.45, 2.75) is 31.7 Å². The van der Waals surface area contributed by atoms with Gasteiger partial charge in [0.2, 0.25) is 0 Å². The molecule has 0 spiro atoms. The van der Waals surface area contributed by atoms with E-state index in [1.165, 1.54) is 0 Å². The molecule has 0 aliphatic carbocycles. The molecule has 1 N–H and O–H groups in total. The zero-order valence-corrected chi connectivity index (χ0v) is 12.5. The van der Waals surface area contributed by atoms with Gasteiger partial charge >= 0.3 is 6.03 Å². The summed E-state index contributed by atoms with van der Waals surface area (Å²) >= 11 is 0. The summed E-state index contributed by atoms with van der Waals surface area (Å²) < 4.78 is 0. The fraction of sp³-hybridized carbons (Fsp3) is 0.353. The minimum atomic E-state index is -0.0535. The molecule has 5 heteroatoms. The van der Waals surface area contributed by atoms with Crippen LogP contribution in [-0.4, -0.2) is 33.5 Å². The van der Waals surface area contributed by atoms with E-state index in [-0.39, 0.29) is 12.1 Å². The average Bonchev–Trinajstić information content (AvgIpc) is 3.03. The highest BCUT2D eigenvalue weighted by atomic mass is 16.2. The number of nitrogens with zero attached hydrogens (tertiary/aromatic N) is 3. The zero-order valence-electron chi connectivity index (χ0n) is 12.5. The minimum absolute atomic E-state index is 0.0535. The third-order valence-electron chi connectivity index (χ3n) is 4.00. The molecule has 2 amide bonds. The van der Waals surface area contributed by atoms with Crippen molar-refractivity contribution in [1.82, 2.24) is 14.9 Å². The summed E-state index contributed by atoms with van der Waals surface area (Å²) in [6, 6.07) is 11.7. The third-order valence-corrected chi connectivity index (χ3v) is 4.00. The van der Waals surface area contributed by atoms with Crippen molar-refractivity contribution in [2.24, 2.45) is 0 Å². The average molecular weight is 296 g/mol. The maximum Gasteiger partial charge on any atom is 0.323 e. The van der Waals surface area contributed by atoms with E-state index >= 15 is 0 Å². The van der Waals surface area contributed by atoms with Crippen LogP contribution in [0.1, 0.15) is 25.0 Å². The fourth-order valence-corrected chi connectivity index (χ4v) is 2.88. The van der Waals surface area contributed by atoms with E-state index in [4.69, 9.17) is 0 Å². The summed E-state index contributed by atoms with van der Waals surface area (Å²) in [5.74, 6) is 0.600. The van der Waals surface area contributed by atoms with E-state index in [1.54, 1.807) is 12.3 Å². The summed E-state index contributed by atoms with van der Waals surface area (Å²) in [6.45, 7) is 0.811. The lowest BCUT2D eigenvalue weighted by atomic mass is 10.1. The highest BCUT2D eigenvalue weighted by molar-refractivity contribution is 5.88. The molecule has 1 atom stereocenters. The molecule has 1 saturated heterocycles. The van der Waals surface area contributed by atoms with Gasteiger partial charge in [-0.05, 0) is 49.9 Å². The van der Waals surface area contributed by atoms with Crippen LogP contribution in [0.2, 0.25) is 0 Å². The number of hydrogen-bond acceptors (Lipinski definition) is 3. The Morgan fingerprint density at radius 3 is 2.73 bits per heavy atom. The van der Waals surface area contributed by atoms with Crippen molar-refractivity contribution in [1.29, 1.82) is 0 Å². The van der Waals surface area contributed by atoms with Gasteiger partial charge in [0, 0.05) is 30.7 Å². The molecule has 1 aliphatic heterocycles. The van der Waals surface area contributed by atoms with Crippen LogP contribution in [0.4, 0.5) is 10.6 Å². The smallest absolute Gasteiger partial charge is 0.322 e. The molecule has 0 aromatic carbocycles. The molecule has 5 nitrogen and oxygen atoms in total. The monoisotopic (exact) mass is 296 g/mol. The van der Waals surface area contributed by atoms with Crippen LogP contribution in [-0.2, 0) is 6.42 Å². The number of nitrogens with one attached hydrogen (secondary N) is 1. The first-order valence-corrected chi connectivity index (χ1v) is 7.71. The molecule has 0 radical (unpaired) electrons. The number of carbonyl (C=O) groups is 1. The molecule has 2 aromatic heterocycles. The van der Waals surface area contributed by atoms with E-state index in [1.807, 2.05) is 41.4 Å². The van der Waals surface area contributed by atoms with Crippen molar-refractivity contribution >= 4 is 11.8 Å². The Labute approximate surface area is 130 Å². The molecule has 114 valence electrons. The number of rotatable bonds is 4. The maximum absolute atomic E-state index is 12.4. The summed E-state index contributed by atoms with van der Waals surface area (Å²) in [4.78, 5) is 22.8. The zero-order chi connectivity index (χ0) is 15.2. The van der Waals surface area contributed by atoms with Crippen LogP contribution in [0.25, 0.3) is 0 Å². The molecule has 22 heavy (non-hydrogen) atoms. The van der Waals surface area contributed by atoms with E-state index in [9.17, 15) is 4.79 Å². The highest BCUT2D eigenvalue weighted by Gasteiger charge is 2.28. The van der Waals surface area contributed by atoms with E-state index in [0.717, 1.165) is 37.9 Å². The molecule has 0 saturated carbocycles. The summed E-state index contributed by atoms with van der Waals surface area (Å²) in [6.07, 6.45) is 7.46. The van der Waals surface area contributed by atoms with Crippen molar-refractivity contribution in [2.75, 3.05) is 11.9 Å². The van der Waals surface area contributed by atoms with Gasteiger partial charge in [-0.2, -0.15) is 0 Å². The Bertz CT molecular complexity index is 603. The normalized spacial score (nSPS) is 17.5. The summed E-state index contributed by atoms with van der Waals surface area (Å²) in [7, 11) is 0. The van der Waals surface area contributed by atoms with Crippen LogP contribution < -0.4 is 5.32 Å². The number of carbonyl (C=O) groups excluding carboxylic acids is 1. The Hall–Kier alpha value is -2.43. The molecular formula is C17H20N4O. The second kappa shape index (κ2) is 7.02. The summed E-state index contributed by atoms with van der Waals surface area (Å²) in [5.41, 5.74) is 1.08. The van der Waals surface area contributed by atoms with Crippen LogP contribution in [0.3, 0.4) is 0 Å². The molecule has 2 aromatic rings. The SMILES string of the molecule is O=C(Nc1ccccn1)N1CCC[C@H]1CCc1ccccn1. The van der Waals surface area contributed by atoms with Gasteiger partial charge in [0.1, 0.15) is 5.82 Å².